The zero-order valence-electron chi connectivity index (χ0n) is 9.40. The van der Waals surface area contributed by atoms with Gasteiger partial charge in [-0.05, 0) is 5.92 Å². The van der Waals surface area contributed by atoms with E-state index in [-0.39, 0.29) is 11.1 Å². The highest BCUT2D eigenvalue weighted by Crippen LogP contribution is 2.14. The number of nitrogens with zero attached hydrogens (tertiary/aromatic N) is 3. The maximum absolute atomic E-state index is 11.7. The summed E-state index contributed by atoms with van der Waals surface area (Å²) in [6, 6.07) is 0. The van der Waals surface area contributed by atoms with Crippen LogP contribution in [0.2, 0.25) is 5.15 Å². The fraction of sp³-hybridized carbons (Fsp3) is 0.400. The smallest absolute Gasteiger partial charge is 0.312 e. The average Bonchev–Trinajstić information content (AvgIpc) is 2.26. The molecule has 0 atom stereocenters. The van der Waals surface area contributed by atoms with Crippen molar-refractivity contribution in [2.75, 3.05) is 0 Å². The van der Waals surface area contributed by atoms with E-state index < -0.39 is 11.1 Å². The van der Waals surface area contributed by atoms with Gasteiger partial charge >= 0.3 is 11.1 Å². The summed E-state index contributed by atoms with van der Waals surface area (Å²) in [4.78, 5) is 33.4. The van der Waals surface area contributed by atoms with Gasteiger partial charge in [-0.15, -0.1) is 0 Å². The Morgan fingerprint density at radius 1 is 1.41 bits per heavy atom. The van der Waals surface area contributed by atoms with Crippen LogP contribution in [0.15, 0.2) is 15.9 Å². The first-order valence-electron chi connectivity index (χ1n) is 5.14. The molecule has 2 heterocycles. The van der Waals surface area contributed by atoms with Crippen molar-refractivity contribution in [1.82, 2.24) is 19.5 Å². The van der Waals surface area contributed by atoms with E-state index in [1.807, 2.05) is 13.8 Å². The number of nitrogens with one attached hydrogen (secondary N) is 1. The molecular weight excluding hydrogens is 244 g/mol. The van der Waals surface area contributed by atoms with Crippen molar-refractivity contribution in [3.63, 3.8) is 0 Å². The third-order valence-electron chi connectivity index (χ3n) is 2.26. The van der Waals surface area contributed by atoms with Crippen molar-refractivity contribution in [3.05, 3.63) is 32.2 Å². The summed E-state index contributed by atoms with van der Waals surface area (Å²) in [6.07, 6.45) is 1.26. The van der Waals surface area contributed by atoms with Gasteiger partial charge in [-0.3, -0.25) is 14.2 Å². The summed E-state index contributed by atoms with van der Waals surface area (Å²) in [7, 11) is 0. The van der Waals surface area contributed by atoms with Gasteiger partial charge in [-0.1, -0.05) is 25.4 Å². The second-order valence-corrected chi connectivity index (χ2v) is 4.48. The van der Waals surface area contributed by atoms with Gasteiger partial charge in [-0.2, -0.15) is 0 Å². The molecule has 1 N–H and O–H groups in total. The Balaban J connectivity index is 2.88. The van der Waals surface area contributed by atoms with Crippen molar-refractivity contribution >= 4 is 22.8 Å². The lowest BCUT2D eigenvalue weighted by molar-refractivity contribution is 0.517. The first-order valence-corrected chi connectivity index (χ1v) is 5.52. The number of H-pyrrole nitrogens is 1. The van der Waals surface area contributed by atoms with Crippen LogP contribution < -0.4 is 11.1 Å². The number of hydrogen-bond acceptors (Lipinski definition) is 4. The van der Waals surface area contributed by atoms with Crippen LogP contribution in [0.1, 0.15) is 13.8 Å². The van der Waals surface area contributed by atoms with Crippen LogP contribution in [-0.2, 0) is 6.54 Å². The van der Waals surface area contributed by atoms with Crippen LogP contribution in [0.25, 0.3) is 11.2 Å². The van der Waals surface area contributed by atoms with E-state index in [1.54, 1.807) is 0 Å². The highest BCUT2D eigenvalue weighted by molar-refractivity contribution is 6.33. The van der Waals surface area contributed by atoms with Crippen molar-refractivity contribution in [2.45, 2.75) is 20.4 Å². The number of hydrogen-bond donors (Lipinski definition) is 1. The third kappa shape index (κ3) is 2.08. The largest absolute Gasteiger partial charge is 0.317 e. The van der Waals surface area contributed by atoms with Gasteiger partial charge in [0.15, 0.2) is 10.8 Å². The molecule has 0 spiro atoms. The molecule has 2 aromatic heterocycles. The quantitative estimate of drug-likeness (QED) is 0.635. The second kappa shape index (κ2) is 4.29. The maximum atomic E-state index is 11.7. The Hall–Kier alpha value is -1.69. The Kier molecular flexibility index (Phi) is 2.97. The Morgan fingerprint density at radius 2 is 2.12 bits per heavy atom. The van der Waals surface area contributed by atoms with E-state index in [1.165, 1.54) is 10.9 Å². The van der Waals surface area contributed by atoms with Crippen LogP contribution >= 0.6 is 11.6 Å². The van der Waals surface area contributed by atoms with E-state index in [0.29, 0.717) is 17.7 Å². The molecule has 0 amide bonds. The molecule has 17 heavy (non-hydrogen) atoms. The Labute approximate surface area is 101 Å². The van der Waals surface area contributed by atoms with Gasteiger partial charge in [0.05, 0.1) is 0 Å². The summed E-state index contributed by atoms with van der Waals surface area (Å²) in [5, 5.41) is 0.129. The van der Waals surface area contributed by atoms with Crippen molar-refractivity contribution in [3.8, 4) is 0 Å². The fourth-order valence-corrected chi connectivity index (χ4v) is 1.76. The lowest BCUT2D eigenvalue weighted by Crippen LogP contribution is -2.37. The molecule has 0 aliphatic heterocycles. The number of aromatic amines is 1. The third-order valence-corrected chi connectivity index (χ3v) is 2.55. The van der Waals surface area contributed by atoms with Crippen LogP contribution in [0.5, 0.6) is 0 Å². The van der Waals surface area contributed by atoms with Crippen molar-refractivity contribution < 1.29 is 0 Å². The van der Waals surface area contributed by atoms with Crippen molar-refractivity contribution in [1.29, 1.82) is 0 Å². The molecular formula is C10H11ClN4O2. The molecule has 0 fully saturated rings. The first kappa shape index (κ1) is 11.8. The lowest BCUT2D eigenvalue weighted by atomic mass is 10.2. The van der Waals surface area contributed by atoms with Crippen LogP contribution in [0.4, 0.5) is 0 Å². The minimum absolute atomic E-state index is 0.129. The lowest BCUT2D eigenvalue weighted by Gasteiger charge is -2.10. The molecule has 0 unspecified atom stereocenters. The zero-order chi connectivity index (χ0) is 12.6. The molecule has 0 bridgehead atoms. The summed E-state index contributed by atoms with van der Waals surface area (Å²) >= 11 is 5.85. The van der Waals surface area contributed by atoms with Gasteiger partial charge < -0.3 is 4.98 Å². The molecule has 0 saturated heterocycles. The van der Waals surface area contributed by atoms with Crippen LogP contribution in [0, 0.1) is 5.92 Å². The summed E-state index contributed by atoms with van der Waals surface area (Å²) < 4.78 is 1.33. The topological polar surface area (TPSA) is 80.6 Å². The molecule has 2 aromatic rings. The highest BCUT2D eigenvalue weighted by atomic mass is 35.5. The molecule has 0 radical (unpaired) electrons. The molecule has 7 heteroatoms. The predicted octanol–water partition coefficient (Wildman–Crippen LogP) is 0.789. The van der Waals surface area contributed by atoms with Gasteiger partial charge in [0.1, 0.15) is 11.8 Å². The monoisotopic (exact) mass is 254 g/mol. The van der Waals surface area contributed by atoms with E-state index in [0.717, 1.165) is 0 Å². The number of fused-ring (bicyclic) bond motifs is 1. The Morgan fingerprint density at radius 3 is 2.76 bits per heavy atom. The van der Waals surface area contributed by atoms with Gasteiger partial charge in [0.25, 0.3) is 0 Å². The highest BCUT2D eigenvalue weighted by Gasteiger charge is 2.12. The molecule has 0 aliphatic rings. The summed E-state index contributed by atoms with van der Waals surface area (Å²) in [6.45, 7) is 4.30. The second-order valence-electron chi connectivity index (χ2n) is 4.13. The standard InChI is InChI=1S/C10H11ClN4O2/c1-5(2)3-15-8-6(7(11)12-4-13-8)14-9(16)10(15)17/h4-5H,3H2,1-2H3,(H,14,16). The zero-order valence-corrected chi connectivity index (χ0v) is 10.2. The van der Waals surface area contributed by atoms with Gasteiger partial charge in [0.2, 0.25) is 0 Å². The molecule has 0 aromatic carbocycles. The molecule has 0 aliphatic carbocycles. The fourth-order valence-electron chi connectivity index (χ4n) is 1.59. The van der Waals surface area contributed by atoms with Gasteiger partial charge in [0, 0.05) is 6.54 Å². The minimum atomic E-state index is -0.713. The van der Waals surface area contributed by atoms with Crippen LogP contribution in [0.3, 0.4) is 0 Å². The Bertz CT molecular complexity index is 674. The number of rotatable bonds is 2. The maximum Gasteiger partial charge on any atom is 0.317 e. The van der Waals surface area contributed by atoms with E-state index >= 15 is 0 Å². The number of aromatic nitrogens is 4. The average molecular weight is 255 g/mol. The normalized spacial score (nSPS) is 11.3. The summed E-state index contributed by atoms with van der Waals surface area (Å²) in [5.41, 5.74) is -0.696. The summed E-state index contributed by atoms with van der Waals surface area (Å²) in [5.74, 6) is 0.214. The van der Waals surface area contributed by atoms with E-state index in [2.05, 4.69) is 15.0 Å². The molecule has 0 saturated carbocycles. The number of halogens is 1. The first-order chi connectivity index (χ1) is 8.00. The van der Waals surface area contributed by atoms with Crippen molar-refractivity contribution in [2.24, 2.45) is 5.92 Å². The van der Waals surface area contributed by atoms with Gasteiger partial charge in [-0.25, -0.2) is 9.97 Å². The molecule has 6 nitrogen and oxygen atoms in total. The van der Waals surface area contributed by atoms with Crippen LogP contribution in [-0.4, -0.2) is 19.5 Å². The molecule has 2 rings (SSSR count). The molecule has 90 valence electrons. The van der Waals surface area contributed by atoms with E-state index in [9.17, 15) is 9.59 Å². The predicted molar refractivity (Wildman–Crippen MR) is 64.3 cm³/mol. The SMILES string of the molecule is CC(C)Cn1c(=O)c(=O)[nH]c2c(Cl)ncnc21. The minimum Gasteiger partial charge on any atom is -0.312 e. The van der Waals surface area contributed by atoms with E-state index in [4.69, 9.17) is 11.6 Å².